The summed E-state index contributed by atoms with van der Waals surface area (Å²) in [6.07, 6.45) is 9.20. The SMILES string of the molecule is c1ccc(-c2nc3ccccn3c2[Se]C2CCCCC2)cc1. The quantitative estimate of drug-likeness (QED) is 0.647. The molecule has 0 amide bonds. The fourth-order valence-electron chi connectivity index (χ4n) is 3.21. The maximum absolute atomic E-state index is 4.93. The monoisotopic (exact) mass is 356 g/mol. The first-order valence-electron chi connectivity index (χ1n) is 8.11. The third-order valence-corrected chi connectivity index (χ3v) is 7.34. The summed E-state index contributed by atoms with van der Waals surface area (Å²) >= 11 is 0.492. The van der Waals surface area contributed by atoms with Crippen LogP contribution in [0.5, 0.6) is 0 Å². The van der Waals surface area contributed by atoms with Crippen molar-refractivity contribution in [1.82, 2.24) is 9.38 Å². The minimum atomic E-state index is 0.492. The standard InChI is InChI=1S/C19H20N2Se/c1-3-9-15(10-4-1)18-19(22-16-11-5-2-6-12-16)21-14-8-7-13-17(21)20-18/h1,3-4,7-10,13-14,16H,2,5-6,11-12H2. The van der Waals surface area contributed by atoms with E-state index in [9.17, 15) is 0 Å². The van der Waals surface area contributed by atoms with E-state index >= 15 is 0 Å². The van der Waals surface area contributed by atoms with E-state index in [-0.39, 0.29) is 0 Å². The van der Waals surface area contributed by atoms with E-state index in [0.29, 0.717) is 15.0 Å². The predicted octanol–water partition coefficient (Wildman–Crippen LogP) is 4.08. The van der Waals surface area contributed by atoms with Crippen molar-refractivity contribution in [1.29, 1.82) is 0 Å². The Labute approximate surface area is 137 Å². The van der Waals surface area contributed by atoms with E-state index in [2.05, 4.69) is 59.1 Å². The van der Waals surface area contributed by atoms with Gasteiger partial charge in [0.05, 0.1) is 0 Å². The number of nitrogens with zero attached hydrogens (tertiary/aromatic N) is 2. The van der Waals surface area contributed by atoms with Crippen LogP contribution in [-0.4, -0.2) is 24.3 Å². The van der Waals surface area contributed by atoms with Crippen molar-refractivity contribution in [3.05, 3.63) is 54.7 Å². The Morgan fingerprint density at radius 2 is 1.68 bits per heavy atom. The van der Waals surface area contributed by atoms with Crippen molar-refractivity contribution in [2.75, 3.05) is 0 Å². The molecule has 0 spiro atoms. The molecule has 3 aromatic rings. The third kappa shape index (κ3) is 2.71. The van der Waals surface area contributed by atoms with Crippen molar-refractivity contribution >= 4 is 25.2 Å². The Bertz CT molecular complexity index is 757. The van der Waals surface area contributed by atoms with Crippen molar-refractivity contribution in [2.24, 2.45) is 0 Å². The number of rotatable bonds is 3. The first-order valence-corrected chi connectivity index (χ1v) is 9.95. The molecule has 22 heavy (non-hydrogen) atoms. The summed E-state index contributed by atoms with van der Waals surface area (Å²) in [5.74, 6) is 0. The Kier molecular flexibility index (Phi) is 4.01. The molecule has 0 unspecified atom stereocenters. The summed E-state index contributed by atoms with van der Waals surface area (Å²) in [6.45, 7) is 0. The van der Waals surface area contributed by atoms with Gasteiger partial charge in [0, 0.05) is 0 Å². The fraction of sp³-hybridized carbons (Fsp3) is 0.316. The van der Waals surface area contributed by atoms with E-state index in [4.69, 9.17) is 4.98 Å². The molecule has 112 valence electrons. The van der Waals surface area contributed by atoms with Crippen LogP contribution in [0.2, 0.25) is 4.82 Å². The van der Waals surface area contributed by atoms with Crippen LogP contribution < -0.4 is 4.59 Å². The van der Waals surface area contributed by atoms with E-state index in [1.807, 2.05) is 0 Å². The van der Waals surface area contributed by atoms with Crippen LogP contribution in [0, 0.1) is 0 Å². The average Bonchev–Trinajstić information content (AvgIpc) is 2.95. The minimum absolute atomic E-state index is 0.492. The molecule has 1 aliphatic rings. The first kappa shape index (κ1) is 14.0. The van der Waals surface area contributed by atoms with Gasteiger partial charge in [-0.1, -0.05) is 0 Å². The van der Waals surface area contributed by atoms with Crippen molar-refractivity contribution in [3.8, 4) is 11.3 Å². The van der Waals surface area contributed by atoms with Gasteiger partial charge in [-0.2, -0.15) is 0 Å². The Balaban J connectivity index is 1.79. The predicted molar refractivity (Wildman–Crippen MR) is 92.9 cm³/mol. The van der Waals surface area contributed by atoms with Gasteiger partial charge in [-0.05, 0) is 0 Å². The molecular formula is C19H20N2Se. The van der Waals surface area contributed by atoms with Gasteiger partial charge in [0.15, 0.2) is 0 Å². The molecule has 2 aromatic heterocycles. The first-order chi connectivity index (χ1) is 10.9. The maximum atomic E-state index is 4.93. The zero-order valence-electron chi connectivity index (χ0n) is 12.6. The number of benzene rings is 1. The second-order valence-corrected chi connectivity index (χ2v) is 8.64. The van der Waals surface area contributed by atoms with Gasteiger partial charge in [0.2, 0.25) is 0 Å². The molecule has 0 N–H and O–H groups in total. The third-order valence-electron chi connectivity index (χ3n) is 4.36. The number of fused-ring (bicyclic) bond motifs is 1. The second-order valence-electron chi connectivity index (χ2n) is 5.94. The summed E-state index contributed by atoms with van der Waals surface area (Å²) in [5.41, 5.74) is 3.52. The van der Waals surface area contributed by atoms with Gasteiger partial charge in [-0.25, -0.2) is 0 Å². The topological polar surface area (TPSA) is 17.3 Å². The zero-order valence-corrected chi connectivity index (χ0v) is 14.3. The van der Waals surface area contributed by atoms with E-state index < -0.39 is 0 Å². The molecule has 2 nitrogen and oxygen atoms in total. The van der Waals surface area contributed by atoms with Crippen molar-refractivity contribution in [3.63, 3.8) is 0 Å². The van der Waals surface area contributed by atoms with Gasteiger partial charge < -0.3 is 0 Å². The number of hydrogen-bond donors (Lipinski definition) is 0. The summed E-state index contributed by atoms with van der Waals surface area (Å²) in [5, 5.41) is 0. The van der Waals surface area contributed by atoms with Gasteiger partial charge >= 0.3 is 137 Å². The van der Waals surface area contributed by atoms with Crippen molar-refractivity contribution < 1.29 is 0 Å². The molecule has 3 heteroatoms. The van der Waals surface area contributed by atoms with Gasteiger partial charge in [-0.3, -0.25) is 0 Å². The molecule has 1 saturated carbocycles. The average molecular weight is 355 g/mol. The Morgan fingerprint density at radius 1 is 0.909 bits per heavy atom. The molecule has 0 bridgehead atoms. The molecule has 0 aliphatic heterocycles. The summed E-state index contributed by atoms with van der Waals surface area (Å²) in [7, 11) is 0. The second kappa shape index (κ2) is 6.27. The van der Waals surface area contributed by atoms with Crippen molar-refractivity contribution in [2.45, 2.75) is 36.9 Å². The normalized spacial score (nSPS) is 16.2. The number of hydrogen-bond acceptors (Lipinski definition) is 1. The molecule has 4 rings (SSSR count). The van der Waals surface area contributed by atoms with E-state index in [1.54, 1.807) is 0 Å². The molecule has 1 aromatic carbocycles. The Morgan fingerprint density at radius 3 is 2.50 bits per heavy atom. The van der Waals surface area contributed by atoms with Crippen LogP contribution in [0.25, 0.3) is 16.9 Å². The Hall–Kier alpha value is -1.57. The summed E-state index contributed by atoms with van der Waals surface area (Å²) in [4.78, 5) is 5.81. The fourth-order valence-corrected chi connectivity index (χ4v) is 6.21. The molecule has 1 fully saturated rings. The van der Waals surface area contributed by atoms with Crippen LogP contribution in [0.15, 0.2) is 54.7 Å². The molecular weight excluding hydrogens is 335 g/mol. The van der Waals surface area contributed by atoms with Gasteiger partial charge in [0.1, 0.15) is 0 Å². The number of imidazole rings is 1. The van der Waals surface area contributed by atoms with Crippen LogP contribution in [-0.2, 0) is 0 Å². The molecule has 0 atom stereocenters. The van der Waals surface area contributed by atoms with Crippen LogP contribution in [0.4, 0.5) is 0 Å². The van der Waals surface area contributed by atoms with Crippen LogP contribution >= 0.6 is 0 Å². The van der Waals surface area contributed by atoms with Gasteiger partial charge in [-0.15, -0.1) is 0 Å². The summed E-state index contributed by atoms with van der Waals surface area (Å²) in [6, 6.07) is 17.0. The van der Waals surface area contributed by atoms with E-state index in [0.717, 1.165) is 10.5 Å². The van der Waals surface area contributed by atoms with E-state index in [1.165, 1.54) is 48.0 Å². The summed E-state index contributed by atoms with van der Waals surface area (Å²) < 4.78 is 3.76. The molecule has 2 heterocycles. The molecule has 0 saturated heterocycles. The number of aromatic nitrogens is 2. The van der Waals surface area contributed by atoms with Crippen LogP contribution in [0.1, 0.15) is 32.1 Å². The van der Waals surface area contributed by atoms with Gasteiger partial charge in [0.25, 0.3) is 0 Å². The number of pyridine rings is 1. The molecule has 0 radical (unpaired) electrons. The molecule has 1 aliphatic carbocycles. The van der Waals surface area contributed by atoms with Crippen LogP contribution in [0.3, 0.4) is 0 Å². The zero-order chi connectivity index (χ0) is 14.8.